The highest BCUT2D eigenvalue weighted by atomic mass is 16.4. The van der Waals surface area contributed by atoms with Crippen molar-refractivity contribution in [1.29, 1.82) is 0 Å². The van der Waals surface area contributed by atoms with Gasteiger partial charge < -0.3 is 10.4 Å². The minimum absolute atomic E-state index is 0.0103. The molecule has 0 bridgehead atoms. The summed E-state index contributed by atoms with van der Waals surface area (Å²) in [6.45, 7) is 2.33. The Labute approximate surface area is 106 Å². The standard InChI is InChI=1S/C13H18N2O3/c1-2-10(8-13(17)18)9-15-12(16)7-11-3-5-14-6-4-11/h3-6,10H,2,7-9H2,1H3,(H,15,16)(H,17,18). The molecule has 1 unspecified atom stereocenters. The quantitative estimate of drug-likeness (QED) is 0.763. The van der Waals surface area contributed by atoms with E-state index in [0.29, 0.717) is 13.0 Å². The lowest BCUT2D eigenvalue weighted by molar-refractivity contribution is -0.138. The first-order valence-electron chi connectivity index (χ1n) is 5.99. The Morgan fingerprint density at radius 1 is 1.39 bits per heavy atom. The van der Waals surface area contributed by atoms with Crippen molar-refractivity contribution >= 4 is 11.9 Å². The van der Waals surface area contributed by atoms with Crippen molar-refractivity contribution in [2.24, 2.45) is 5.92 Å². The van der Waals surface area contributed by atoms with Gasteiger partial charge in [0.15, 0.2) is 0 Å². The fourth-order valence-corrected chi connectivity index (χ4v) is 1.61. The van der Waals surface area contributed by atoms with Gasteiger partial charge in [0.25, 0.3) is 0 Å². The summed E-state index contributed by atoms with van der Waals surface area (Å²) in [4.78, 5) is 26.1. The molecule has 0 saturated heterocycles. The van der Waals surface area contributed by atoms with Crippen molar-refractivity contribution in [3.05, 3.63) is 30.1 Å². The van der Waals surface area contributed by atoms with Crippen LogP contribution in [0.4, 0.5) is 0 Å². The first-order chi connectivity index (χ1) is 8.61. The van der Waals surface area contributed by atoms with Crippen molar-refractivity contribution in [2.45, 2.75) is 26.2 Å². The minimum Gasteiger partial charge on any atom is -0.481 e. The lowest BCUT2D eigenvalue weighted by Gasteiger charge is -2.13. The maximum atomic E-state index is 11.6. The molecule has 0 aliphatic carbocycles. The first-order valence-corrected chi connectivity index (χ1v) is 5.99. The van der Waals surface area contributed by atoms with Crippen LogP contribution >= 0.6 is 0 Å². The number of aliphatic carboxylic acids is 1. The Bertz CT molecular complexity index is 392. The van der Waals surface area contributed by atoms with Crippen molar-refractivity contribution in [1.82, 2.24) is 10.3 Å². The predicted octanol–water partition coefficient (Wildman–Crippen LogP) is 1.24. The van der Waals surface area contributed by atoms with Gasteiger partial charge in [0.1, 0.15) is 0 Å². The van der Waals surface area contributed by atoms with E-state index >= 15 is 0 Å². The molecule has 1 aromatic heterocycles. The average Bonchev–Trinajstić information content (AvgIpc) is 2.35. The molecule has 1 heterocycles. The second kappa shape index (κ2) is 7.42. The highest BCUT2D eigenvalue weighted by molar-refractivity contribution is 5.78. The van der Waals surface area contributed by atoms with E-state index in [9.17, 15) is 9.59 Å². The number of hydrogen-bond donors (Lipinski definition) is 2. The van der Waals surface area contributed by atoms with Crippen molar-refractivity contribution in [3.8, 4) is 0 Å². The molecule has 1 aromatic rings. The number of nitrogens with zero attached hydrogens (tertiary/aromatic N) is 1. The molecule has 5 nitrogen and oxygen atoms in total. The molecule has 5 heteroatoms. The Hall–Kier alpha value is -1.91. The van der Waals surface area contributed by atoms with E-state index in [1.54, 1.807) is 24.5 Å². The topological polar surface area (TPSA) is 79.3 Å². The van der Waals surface area contributed by atoms with Gasteiger partial charge in [0.05, 0.1) is 6.42 Å². The highest BCUT2D eigenvalue weighted by Crippen LogP contribution is 2.06. The molecule has 0 saturated carbocycles. The second-order valence-electron chi connectivity index (χ2n) is 4.21. The van der Waals surface area contributed by atoms with E-state index in [2.05, 4.69) is 10.3 Å². The summed E-state index contributed by atoms with van der Waals surface area (Å²) in [5.41, 5.74) is 0.897. The molecule has 1 atom stereocenters. The summed E-state index contributed by atoms with van der Waals surface area (Å²) < 4.78 is 0. The fraction of sp³-hybridized carbons (Fsp3) is 0.462. The molecule has 1 rings (SSSR count). The zero-order chi connectivity index (χ0) is 13.4. The monoisotopic (exact) mass is 250 g/mol. The molecule has 0 aliphatic heterocycles. The van der Waals surface area contributed by atoms with Crippen LogP contribution in [0, 0.1) is 5.92 Å². The number of carboxylic acid groups (broad SMARTS) is 1. The SMILES string of the molecule is CCC(CNC(=O)Cc1ccncc1)CC(=O)O. The van der Waals surface area contributed by atoms with E-state index in [0.717, 1.165) is 12.0 Å². The summed E-state index contributed by atoms with van der Waals surface area (Å²) in [5, 5.41) is 11.5. The predicted molar refractivity (Wildman–Crippen MR) is 67.0 cm³/mol. The van der Waals surface area contributed by atoms with Crippen LogP contribution in [-0.2, 0) is 16.0 Å². The molecule has 0 spiro atoms. The number of carbonyl (C=O) groups excluding carboxylic acids is 1. The zero-order valence-electron chi connectivity index (χ0n) is 10.4. The fourth-order valence-electron chi connectivity index (χ4n) is 1.61. The summed E-state index contributed by atoms with van der Waals surface area (Å²) in [6, 6.07) is 3.57. The van der Waals surface area contributed by atoms with Crippen molar-refractivity contribution < 1.29 is 14.7 Å². The van der Waals surface area contributed by atoms with E-state index in [1.807, 2.05) is 6.92 Å². The molecule has 18 heavy (non-hydrogen) atoms. The molecular formula is C13H18N2O3. The number of hydrogen-bond acceptors (Lipinski definition) is 3. The molecular weight excluding hydrogens is 232 g/mol. The first kappa shape index (κ1) is 14.2. The van der Waals surface area contributed by atoms with Crippen molar-refractivity contribution in [3.63, 3.8) is 0 Å². The third-order valence-electron chi connectivity index (χ3n) is 2.74. The lowest BCUT2D eigenvalue weighted by atomic mass is 10.0. The molecule has 0 aromatic carbocycles. The summed E-state index contributed by atoms with van der Waals surface area (Å²) in [7, 11) is 0. The van der Waals surface area contributed by atoms with Gasteiger partial charge in [-0.2, -0.15) is 0 Å². The van der Waals surface area contributed by atoms with Crippen LogP contribution < -0.4 is 5.32 Å². The van der Waals surface area contributed by atoms with Gasteiger partial charge in [-0.1, -0.05) is 13.3 Å². The van der Waals surface area contributed by atoms with E-state index in [-0.39, 0.29) is 18.2 Å². The van der Waals surface area contributed by atoms with E-state index in [4.69, 9.17) is 5.11 Å². The van der Waals surface area contributed by atoms with Gasteiger partial charge >= 0.3 is 5.97 Å². The molecule has 2 N–H and O–H groups in total. The molecule has 0 fully saturated rings. The Balaban J connectivity index is 2.34. The highest BCUT2D eigenvalue weighted by Gasteiger charge is 2.12. The van der Waals surface area contributed by atoms with Gasteiger partial charge in [-0.05, 0) is 23.6 Å². The van der Waals surface area contributed by atoms with Crippen LogP contribution in [0.25, 0.3) is 0 Å². The Kier molecular flexibility index (Phi) is 5.84. The molecule has 1 amide bonds. The van der Waals surface area contributed by atoms with Crippen LogP contribution in [0.3, 0.4) is 0 Å². The molecule has 98 valence electrons. The zero-order valence-corrected chi connectivity index (χ0v) is 10.4. The van der Waals surface area contributed by atoms with Crippen LogP contribution in [0.1, 0.15) is 25.3 Å². The summed E-state index contributed by atoms with van der Waals surface area (Å²) in [6.07, 6.45) is 4.41. The number of nitrogens with one attached hydrogen (secondary N) is 1. The number of rotatable bonds is 7. The van der Waals surface area contributed by atoms with Gasteiger partial charge in [-0.3, -0.25) is 14.6 Å². The van der Waals surface area contributed by atoms with Gasteiger partial charge in [0, 0.05) is 25.4 Å². The number of amides is 1. The summed E-state index contributed by atoms with van der Waals surface area (Å²) >= 11 is 0. The lowest BCUT2D eigenvalue weighted by Crippen LogP contribution is -2.31. The number of carboxylic acids is 1. The van der Waals surface area contributed by atoms with Crippen LogP contribution in [0.15, 0.2) is 24.5 Å². The minimum atomic E-state index is -0.828. The maximum absolute atomic E-state index is 11.6. The summed E-state index contributed by atoms with van der Waals surface area (Å²) in [5.74, 6) is -0.931. The third kappa shape index (κ3) is 5.43. The third-order valence-corrected chi connectivity index (χ3v) is 2.74. The van der Waals surface area contributed by atoms with Gasteiger partial charge in [-0.25, -0.2) is 0 Å². The number of carbonyl (C=O) groups is 2. The largest absolute Gasteiger partial charge is 0.481 e. The molecule has 0 aliphatic rings. The Morgan fingerprint density at radius 3 is 2.61 bits per heavy atom. The second-order valence-corrected chi connectivity index (χ2v) is 4.21. The maximum Gasteiger partial charge on any atom is 0.303 e. The van der Waals surface area contributed by atoms with E-state index < -0.39 is 5.97 Å². The van der Waals surface area contributed by atoms with Gasteiger partial charge in [-0.15, -0.1) is 0 Å². The smallest absolute Gasteiger partial charge is 0.303 e. The van der Waals surface area contributed by atoms with Crippen LogP contribution in [0.5, 0.6) is 0 Å². The average molecular weight is 250 g/mol. The van der Waals surface area contributed by atoms with Gasteiger partial charge in [0.2, 0.25) is 5.91 Å². The van der Waals surface area contributed by atoms with Crippen molar-refractivity contribution in [2.75, 3.05) is 6.54 Å². The van der Waals surface area contributed by atoms with Crippen LogP contribution in [-0.4, -0.2) is 28.5 Å². The number of aromatic nitrogens is 1. The van der Waals surface area contributed by atoms with Crippen LogP contribution in [0.2, 0.25) is 0 Å². The van der Waals surface area contributed by atoms with E-state index in [1.165, 1.54) is 0 Å². The Morgan fingerprint density at radius 2 is 2.06 bits per heavy atom. The molecule has 0 radical (unpaired) electrons. The normalized spacial score (nSPS) is 11.8. The number of pyridine rings is 1.